The number of amides is 2. The molecule has 3 heterocycles. The highest BCUT2D eigenvalue weighted by Gasteiger charge is 2.29. The summed E-state index contributed by atoms with van der Waals surface area (Å²) in [6.07, 6.45) is 4.88. The normalized spacial score (nSPS) is 22.4. The maximum atomic E-state index is 12.1. The Bertz CT molecular complexity index is 807. The van der Waals surface area contributed by atoms with E-state index in [0.29, 0.717) is 18.9 Å². The molecule has 2 fully saturated rings. The molecule has 2 amide bonds. The lowest BCUT2D eigenvalue weighted by atomic mass is 10.0. The van der Waals surface area contributed by atoms with Gasteiger partial charge in [-0.15, -0.1) is 0 Å². The molecule has 0 saturated carbocycles. The van der Waals surface area contributed by atoms with Crippen LogP contribution in [0.5, 0.6) is 0 Å². The fourth-order valence-corrected chi connectivity index (χ4v) is 3.84. The molecular formula is C18H23N5O2. The molecule has 2 aromatic rings. The average molecular weight is 341 g/mol. The number of nitrogens with one attached hydrogen (secondary N) is 2. The monoisotopic (exact) mass is 341 g/mol. The highest BCUT2D eigenvalue weighted by atomic mass is 16.2. The molecule has 1 aromatic heterocycles. The number of aromatic nitrogens is 2. The summed E-state index contributed by atoms with van der Waals surface area (Å²) < 4.78 is 1.88. The van der Waals surface area contributed by atoms with Crippen molar-refractivity contribution in [2.24, 2.45) is 0 Å². The van der Waals surface area contributed by atoms with E-state index in [2.05, 4.69) is 32.7 Å². The largest absolute Gasteiger partial charge is 0.371 e. The first-order valence-electron chi connectivity index (χ1n) is 8.88. The lowest BCUT2D eigenvalue weighted by molar-refractivity contribution is -0.135. The minimum absolute atomic E-state index is 0.196. The first-order chi connectivity index (χ1) is 12.2. The van der Waals surface area contributed by atoms with E-state index >= 15 is 0 Å². The second-order valence-electron chi connectivity index (χ2n) is 6.84. The molecule has 25 heavy (non-hydrogen) atoms. The Morgan fingerprint density at radius 3 is 2.72 bits per heavy atom. The molecule has 1 atom stereocenters. The predicted octanol–water partition coefficient (Wildman–Crippen LogP) is 1.20. The zero-order valence-corrected chi connectivity index (χ0v) is 14.4. The van der Waals surface area contributed by atoms with E-state index in [1.807, 2.05) is 17.7 Å². The third kappa shape index (κ3) is 3.00. The van der Waals surface area contributed by atoms with Gasteiger partial charge in [0.15, 0.2) is 0 Å². The van der Waals surface area contributed by atoms with Crippen molar-refractivity contribution in [3.05, 3.63) is 24.5 Å². The van der Waals surface area contributed by atoms with Crippen LogP contribution >= 0.6 is 0 Å². The van der Waals surface area contributed by atoms with Gasteiger partial charge in [-0.2, -0.15) is 0 Å². The summed E-state index contributed by atoms with van der Waals surface area (Å²) in [6, 6.07) is 6.47. The summed E-state index contributed by atoms with van der Waals surface area (Å²) in [5.74, 6) is -0.438. The van der Waals surface area contributed by atoms with Crippen LogP contribution in [0.3, 0.4) is 0 Å². The lowest BCUT2D eigenvalue weighted by Gasteiger charge is -2.33. The van der Waals surface area contributed by atoms with Gasteiger partial charge in [-0.1, -0.05) is 0 Å². The van der Waals surface area contributed by atoms with Crippen molar-refractivity contribution in [1.82, 2.24) is 20.2 Å². The van der Waals surface area contributed by atoms with Crippen molar-refractivity contribution in [2.75, 3.05) is 25.0 Å². The number of anilines is 1. The average Bonchev–Trinajstić information content (AvgIpc) is 3.05. The third-order valence-electron chi connectivity index (χ3n) is 5.37. The third-order valence-corrected chi connectivity index (χ3v) is 5.37. The van der Waals surface area contributed by atoms with Gasteiger partial charge in [0.1, 0.15) is 6.04 Å². The standard InChI is InChI=1S/C18H23N5O2/c1-19-12-6-8-22(9-7-12)13-2-3-15-14(10-13)20-11-23(15)16-4-5-17(24)21-18(16)25/h2-3,10-12,16,19H,4-9H2,1H3,(H,21,24,25). The molecular weight excluding hydrogens is 318 g/mol. The van der Waals surface area contributed by atoms with Crippen molar-refractivity contribution in [1.29, 1.82) is 0 Å². The molecule has 2 N–H and O–H groups in total. The maximum absolute atomic E-state index is 12.1. The number of benzene rings is 1. The van der Waals surface area contributed by atoms with Gasteiger partial charge < -0.3 is 14.8 Å². The van der Waals surface area contributed by atoms with Gasteiger partial charge in [-0.05, 0) is 44.5 Å². The first-order valence-corrected chi connectivity index (χ1v) is 8.88. The van der Waals surface area contributed by atoms with Gasteiger partial charge in [0, 0.05) is 31.2 Å². The minimum Gasteiger partial charge on any atom is -0.371 e. The van der Waals surface area contributed by atoms with Crippen LogP contribution in [0.2, 0.25) is 0 Å². The Labute approximate surface area is 146 Å². The zero-order chi connectivity index (χ0) is 17.4. The number of carbonyl (C=O) groups is 2. The second kappa shape index (κ2) is 6.48. The fraction of sp³-hybridized carbons (Fsp3) is 0.500. The van der Waals surface area contributed by atoms with Crippen LogP contribution < -0.4 is 15.5 Å². The van der Waals surface area contributed by atoms with Gasteiger partial charge >= 0.3 is 0 Å². The predicted molar refractivity (Wildman–Crippen MR) is 95.4 cm³/mol. The number of nitrogens with zero attached hydrogens (tertiary/aromatic N) is 3. The second-order valence-corrected chi connectivity index (χ2v) is 6.84. The van der Waals surface area contributed by atoms with Gasteiger partial charge in [0.25, 0.3) is 0 Å². The Balaban J connectivity index is 1.57. The van der Waals surface area contributed by atoms with Crippen molar-refractivity contribution in [3.8, 4) is 0 Å². The van der Waals surface area contributed by atoms with Gasteiger partial charge in [0.2, 0.25) is 11.8 Å². The molecule has 132 valence electrons. The smallest absolute Gasteiger partial charge is 0.249 e. The molecule has 2 saturated heterocycles. The molecule has 7 nitrogen and oxygen atoms in total. The van der Waals surface area contributed by atoms with E-state index in [9.17, 15) is 9.59 Å². The summed E-state index contributed by atoms with van der Waals surface area (Å²) in [7, 11) is 2.02. The van der Waals surface area contributed by atoms with Crippen molar-refractivity contribution < 1.29 is 9.59 Å². The number of imide groups is 1. The molecule has 0 spiro atoms. The summed E-state index contributed by atoms with van der Waals surface area (Å²) in [5.41, 5.74) is 3.00. The zero-order valence-electron chi connectivity index (χ0n) is 14.4. The van der Waals surface area contributed by atoms with Crippen LogP contribution in [-0.2, 0) is 9.59 Å². The van der Waals surface area contributed by atoms with Gasteiger partial charge in [-0.3, -0.25) is 14.9 Å². The molecule has 4 rings (SSSR count). The van der Waals surface area contributed by atoms with Crippen molar-refractivity contribution in [3.63, 3.8) is 0 Å². The van der Waals surface area contributed by atoms with Crippen molar-refractivity contribution in [2.45, 2.75) is 37.8 Å². The Morgan fingerprint density at radius 1 is 1.20 bits per heavy atom. The number of imidazole rings is 1. The van der Waals surface area contributed by atoms with E-state index in [4.69, 9.17) is 0 Å². The highest BCUT2D eigenvalue weighted by Crippen LogP contribution is 2.28. The summed E-state index contributed by atoms with van der Waals surface area (Å²) in [6.45, 7) is 2.07. The number of carbonyl (C=O) groups excluding carboxylic acids is 2. The van der Waals surface area contributed by atoms with E-state index in [1.165, 1.54) is 5.69 Å². The molecule has 1 unspecified atom stereocenters. The number of hydrogen-bond acceptors (Lipinski definition) is 5. The molecule has 7 heteroatoms. The van der Waals surface area contributed by atoms with Crippen LogP contribution in [0.25, 0.3) is 11.0 Å². The lowest BCUT2D eigenvalue weighted by Crippen LogP contribution is -2.41. The fourth-order valence-electron chi connectivity index (χ4n) is 3.84. The van der Waals surface area contributed by atoms with E-state index in [0.717, 1.165) is 37.0 Å². The summed E-state index contributed by atoms with van der Waals surface area (Å²) >= 11 is 0. The number of fused-ring (bicyclic) bond motifs is 1. The quantitative estimate of drug-likeness (QED) is 0.820. The maximum Gasteiger partial charge on any atom is 0.249 e. The SMILES string of the molecule is CNC1CCN(c2ccc3c(c2)ncn3C2CCC(=O)NC2=O)CC1. The Kier molecular flexibility index (Phi) is 4.17. The molecule has 1 aromatic carbocycles. The highest BCUT2D eigenvalue weighted by molar-refractivity contribution is 6.00. The van der Waals surface area contributed by atoms with Crippen LogP contribution in [0.1, 0.15) is 31.7 Å². The summed E-state index contributed by atoms with van der Waals surface area (Å²) in [5, 5.41) is 5.76. The van der Waals surface area contributed by atoms with Crippen LogP contribution in [0.4, 0.5) is 5.69 Å². The van der Waals surface area contributed by atoms with E-state index in [-0.39, 0.29) is 17.9 Å². The summed E-state index contributed by atoms with van der Waals surface area (Å²) in [4.78, 5) is 30.4. The number of piperidine rings is 2. The molecule has 2 aliphatic rings. The van der Waals surface area contributed by atoms with Gasteiger partial charge in [-0.25, -0.2) is 4.98 Å². The van der Waals surface area contributed by atoms with E-state index < -0.39 is 0 Å². The molecule has 0 radical (unpaired) electrons. The topological polar surface area (TPSA) is 79.3 Å². The Morgan fingerprint density at radius 2 is 2.00 bits per heavy atom. The first kappa shape index (κ1) is 16.1. The number of hydrogen-bond donors (Lipinski definition) is 2. The van der Waals surface area contributed by atoms with Crippen molar-refractivity contribution >= 4 is 28.5 Å². The van der Waals surface area contributed by atoms with Crippen LogP contribution in [-0.4, -0.2) is 47.5 Å². The Hall–Kier alpha value is -2.41. The molecule has 2 aliphatic heterocycles. The number of rotatable bonds is 3. The minimum atomic E-state index is -0.361. The molecule has 0 bridgehead atoms. The van der Waals surface area contributed by atoms with Crippen LogP contribution in [0, 0.1) is 0 Å². The van der Waals surface area contributed by atoms with Crippen LogP contribution in [0.15, 0.2) is 24.5 Å². The van der Waals surface area contributed by atoms with E-state index in [1.54, 1.807) is 6.33 Å². The molecule has 0 aliphatic carbocycles. The van der Waals surface area contributed by atoms with Gasteiger partial charge in [0.05, 0.1) is 17.4 Å².